The van der Waals surface area contributed by atoms with E-state index in [1.54, 1.807) is 11.6 Å². The molecular formula is C12H20N4O4. The minimum Gasteiger partial charge on any atom is -0.394 e. The Morgan fingerprint density at radius 3 is 2.95 bits per heavy atom. The molecule has 0 radical (unpaired) electrons. The summed E-state index contributed by atoms with van der Waals surface area (Å²) in [6.07, 6.45) is 0.535. The highest BCUT2D eigenvalue weighted by Crippen LogP contribution is 2.32. The molecule has 1 aliphatic heterocycles. The highest BCUT2D eigenvalue weighted by atomic mass is 16.6. The smallest absolute Gasteiger partial charge is 0.333 e. The van der Waals surface area contributed by atoms with Crippen LogP contribution in [0.1, 0.15) is 19.0 Å². The summed E-state index contributed by atoms with van der Waals surface area (Å²) in [7, 11) is 0. The van der Waals surface area contributed by atoms with E-state index in [9.17, 15) is 15.2 Å². The third-order valence-corrected chi connectivity index (χ3v) is 3.33. The first-order chi connectivity index (χ1) is 9.58. The Balaban J connectivity index is 2.39. The molecule has 0 amide bonds. The summed E-state index contributed by atoms with van der Waals surface area (Å²) in [6.45, 7) is 5.63. The number of hydrogen-bond donors (Lipinski definition) is 1. The number of aryl methyl sites for hydroxylation is 2. The van der Waals surface area contributed by atoms with Crippen LogP contribution in [0.15, 0.2) is 0 Å². The summed E-state index contributed by atoms with van der Waals surface area (Å²) < 4.78 is 7.08. The number of aliphatic hydroxyl groups is 1. The van der Waals surface area contributed by atoms with Gasteiger partial charge < -0.3 is 14.7 Å². The van der Waals surface area contributed by atoms with Gasteiger partial charge in [0.25, 0.3) is 0 Å². The molecule has 8 nitrogen and oxygen atoms in total. The van der Waals surface area contributed by atoms with Crippen LogP contribution in [0.2, 0.25) is 0 Å². The number of rotatable bonds is 5. The van der Waals surface area contributed by atoms with E-state index < -0.39 is 0 Å². The molecule has 1 unspecified atom stereocenters. The fourth-order valence-electron chi connectivity index (χ4n) is 2.48. The molecule has 0 aliphatic carbocycles. The van der Waals surface area contributed by atoms with Crippen LogP contribution in [0.5, 0.6) is 0 Å². The van der Waals surface area contributed by atoms with Gasteiger partial charge in [0.1, 0.15) is 5.69 Å². The number of morpholine rings is 1. The fraction of sp³-hybridized carbons (Fsp3) is 0.750. The van der Waals surface area contributed by atoms with Gasteiger partial charge >= 0.3 is 5.69 Å². The van der Waals surface area contributed by atoms with Gasteiger partial charge in [0.05, 0.1) is 24.2 Å². The second-order valence-electron chi connectivity index (χ2n) is 4.86. The molecule has 0 spiro atoms. The van der Waals surface area contributed by atoms with Gasteiger partial charge in [0.2, 0.25) is 5.82 Å². The monoisotopic (exact) mass is 284 g/mol. The van der Waals surface area contributed by atoms with Gasteiger partial charge in [-0.15, -0.1) is 0 Å². The molecule has 1 saturated heterocycles. The molecule has 2 rings (SSSR count). The Hall–Kier alpha value is -1.67. The van der Waals surface area contributed by atoms with Crippen LogP contribution in [0.4, 0.5) is 11.5 Å². The summed E-state index contributed by atoms with van der Waals surface area (Å²) in [6, 6.07) is 0. The third-order valence-electron chi connectivity index (χ3n) is 3.33. The van der Waals surface area contributed by atoms with Gasteiger partial charge in [0.15, 0.2) is 0 Å². The summed E-state index contributed by atoms with van der Waals surface area (Å²) in [4.78, 5) is 12.8. The molecular weight excluding hydrogens is 264 g/mol. The van der Waals surface area contributed by atoms with Crippen molar-refractivity contribution in [3.8, 4) is 0 Å². The molecule has 8 heteroatoms. The number of anilines is 1. The van der Waals surface area contributed by atoms with Gasteiger partial charge in [-0.25, -0.2) is 4.68 Å². The Labute approximate surface area is 117 Å². The molecule has 0 bridgehead atoms. The average Bonchev–Trinajstić information content (AvgIpc) is 2.76. The molecule has 2 heterocycles. The first-order valence-electron chi connectivity index (χ1n) is 6.77. The maximum atomic E-state index is 11.3. The zero-order valence-corrected chi connectivity index (χ0v) is 11.8. The van der Waals surface area contributed by atoms with Crippen LogP contribution in [0.3, 0.4) is 0 Å². The molecule has 1 aromatic heterocycles. The normalized spacial score (nSPS) is 19.4. The lowest BCUT2D eigenvalue weighted by molar-refractivity contribution is -0.384. The third kappa shape index (κ3) is 2.75. The first kappa shape index (κ1) is 14.7. The van der Waals surface area contributed by atoms with Gasteiger partial charge in [-0.1, -0.05) is 6.92 Å². The van der Waals surface area contributed by atoms with Crippen molar-refractivity contribution in [1.82, 2.24) is 9.78 Å². The lowest BCUT2D eigenvalue weighted by Crippen LogP contribution is -2.45. The van der Waals surface area contributed by atoms with Crippen LogP contribution < -0.4 is 4.90 Å². The van der Waals surface area contributed by atoms with E-state index in [2.05, 4.69) is 5.10 Å². The second-order valence-corrected chi connectivity index (χ2v) is 4.86. The van der Waals surface area contributed by atoms with E-state index in [0.717, 1.165) is 6.42 Å². The lowest BCUT2D eigenvalue weighted by atomic mass is 10.2. The fourth-order valence-corrected chi connectivity index (χ4v) is 2.48. The van der Waals surface area contributed by atoms with Crippen molar-refractivity contribution in [2.45, 2.75) is 32.9 Å². The second kappa shape index (κ2) is 6.19. The van der Waals surface area contributed by atoms with Crippen molar-refractivity contribution in [1.29, 1.82) is 0 Å². The Kier molecular flexibility index (Phi) is 4.56. The maximum absolute atomic E-state index is 11.3. The largest absolute Gasteiger partial charge is 0.394 e. The van der Waals surface area contributed by atoms with E-state index in [0.29, 0.717) is 37.8 Å². The lowest BCUT2D eigenvalue weighted by Gasteiger charge is -2.33. The maximum Gasteiger partial charge on any atom is 0.333 e. The van der Waals surface area contributed by atoms with Gasteiger partial charge in [0, 0.05) is 19.6 Å². The van der Waals surface area contributed by atoms with E-state index in [1.807, 2.05) is 11.8 Å². The number of hydrogen-bond acceptors (Lipinski definition) is 6. The standard InChI is InChI=1S/C12H20N4O4/c1-3-4-15-12(11(16(18)19)9(2)13-15)14-5-6-20-10(7-14)8-17/h10,17H,3-8H2,1-2H3. The van der Waals surface area contributed by atoms with Gasteiger partial charge in [-0.3, -0.25) is 10.1 Å². The van der Waals surface area contributed by atoms with E-state index in [4.69, 9.17) is 4.74 Å². The van der Waals surface area contributed by atoms with E-state index in [1.165, 1.54) is 0 Å². The molecule has 0 aromatic carbocycles. The van der Waals surface area contributed by atoms with Crippen LogP contribution in [-0.4, -0.2) is 52.2 Å². The number of aromatic nitrogens is 2. The van der Waals surface area contributed by atoms with Gasteiger partial charge in [-0.05, 0) is 13.3 Å². The Morgan fingerprint density at radius 1 is 1.60 bits per heavy atom. The first-order valence-corrected chi connectivity index (χ1v) is 6.77. The summed E-state index contributed by atoms with van der Waals surface area (Å²) >= 11 is 0. The van der Waals surface area contributed by atoms with Gasteiger partial charge in [-0.2, -0.15) is 5.10 Å². The number of ether oxygens (including phenoxy) is 1. The number of nitro groups is 1. The SMILES string of the molecule is CCCn1nc(C)c([N+](=O)[O-])c1N1CCOC(CO)C1. The molecule has 1 atom stereocenters. The summed E-state index contributed by atoms with van der Waals surface area (Å²) in [5, 5.41) is 24.8. The highest BCUT2D eigenvalue weighted by Gasteiger charge is 2.32. The van der Waals surface area contributed by atoms with Crippen LogP contribution in [-0.2, 0) is 11.3 Å². The quantitative estimate of drug-likeness (QED) is 0.632. The molecule has 0 saturated carbocycles. The topological polar surface area (TPSA) is 93.7 Å². The number of aliphatic hydroxyl groups excluding tert-OH is 1. The molecule has 1 fully saturated rings. The van der Waals surface area contributed by atoms with E-state index >= 15 is 0 Å². The van der Waals surface area contributed by atoms with Crippen molar-refractivity contribution in [3.63, 3.8) is 0 Å². The Bertz CT molecular complexity index is 488. The minimum atomic E-state index is -0.382. The van der Waals surface area contributed by atoms with Crippen LogP contribution >= 0.6 is 0 Å². The summed E-state index contributed by atoms with van der Waals surface area (Å²) in [5.74, 6) is 0.524. The van der Waals surface area contributed by atoms with Crippen LogP contribution in [0.25, 0.3) is 0 Å². The minimum absolute atomic E-state index is 0.0528. The van der Waals surface area contributed by atoms with Crippen molar-refractivity contribution in [2.75, 3.05) is 31.2 Å². The van der Waals surface area contributed by atoms with E-state index in [-0.39, 0.29) is 23.3 Å². The zero-order chi connectivity index (χ0) is 14.7. The van der Waals surface area contributed by atoms with Crippen LogP contribution in [0, 0.1) is 17.0 Å². The average molecular weight is 284 g/mol. The Morgan fingerprint density at radius 2 is 2.35 bits per heavy atom. The predicted molar refractivity (Wildman–Crippen MR) is 72.9 cm³/mol. The predicted octanol–water partition coefficient (Wildman–Crippen LogP) is 0.707. The zero-order valence-electron chi connectivity index (χ0n) is 11.8. The molecule has 1 aromatic rings. The summed E-state index contributed by atoms with van der Waals surface area (Å²) in [5.41, 5.74) is 0.475. The van der Waals surface area contributed by atoms with Crippen molar-refractivity contribution in [3.05, 3.63) is 15.8 Å². The number of nitrogens with zero attached hydrogens (tertiary/aromatic N) is 4. The molecule has 20 heavy (non-hydrogen) atoms. The highest BCUT2D eigenvalue weighted by molar-refractivity contribution is 5.61. The molecule has 112 valence electrons. The molecule has 1 aliphatic rings. The van der Waals surface area contributed by atoms with Crippen molar-refractivity contribution < 1.29 is 14.8 Å². The van der Waals surface area contributed by atoms with Crippen molar-refractivity contribution >= 4 is 11.5 Å². The molecule has 1 N–H and O–H groups in total. The van der Waals surface area contributed by atoms with Crippen molar-refractivity contribution in [2.24, 2.45) is 0 Å².